The van der Waals surface area contributed by atoms with Gasteiger partial charge in [0.05, 0.1) is 24.8 Å². The normalized spacial score (nSPS) is 24.1. The van der Waals surface area contributed by atoms with Crippen molar-refractivity contribution in [3.63, 3.8) is 0 Å². The third kappa shape index (κ3) is 5.56. The van der Waals surface area contributed by atoms with E-state index < -0.39 is 23.5 Å². The molecule has 4 atom stereocenters. The third-order valence-electron chi connectivity index (χ3n) is 8.21. The molecular weight excluding hydrogens is 478 g/mol. The lowest BCUT2D eigenvalue weighted by Gasteiger charge is -2.36. The molecule has 7 heteroatoms. The Hall–Kier alpha value is -3.37. The maximum Gasteiger partial charge on any atom is 0.326 e. The summed E-state index contributed by atoms with van der Waals surface area (Å²) in [5.74, 6) is -0.869. The van der Waals surface area contributed by atoms with Gasteiger partial charge in [0, 0.05) is 30.0 Å². The van der Waals surface area contributed by atoms with Gasteiger partial charge in [-0.15, -0.1) is 0 Å². The average Bonchev–Trinajstić information content (AvgIpc) is 3.28. The van der Waals surface area contributed by atoms with Crippen molar-refractivity contribution in [1.82, 2.24) is 10.2 Å². The van der Waals surface area contributed by atoms with Crippen LogP contribution in [0.5, 0.6) is 5.75 Å². The molecule has 2 aliphatic rings. The van der Waals surface area contributed by atoms with Gasteiger partial charge in [0.25, 0.3) is 0 Å². The number of rotatable bonds is 7. The Labute approximate surface area is 225 Å². The van der Waals surface area contributed by atoms with Crippen LogP contribution >= 0.6 is 0 Å². The highest BCUT2D eigenvalue weighted by molar-refractivity contribution is 5.87. The highest BCUT2D eigenvalue weighted by Gasteiger charge is 2.58. The van der Waals surface area contributed by atoms with Crippen molar-refractivity contribution < 1.29 is 19.4 Å². The standard InChI is InChI=1S/C31H39N3O4/c1-31(2,3)25-26(33-19-23-17-20(18-32)15-16-24(23)38-4)27(21-11-7-5-8-12-21)34(28(25)30(36)37)29(35)22-13-9-6-10-14-22/h5,7-8,11-12,15-17,22,25-28,33H,6,9-10,13-14,19H2,1-4H3,(H,36,37). The lowest BCUT2D eigenvalue weighted by molar-refractivity contribution is -0.154. The van der Waals surface area contributed by atoms with Crippen molar-refractivity contribution in [2.24, 2.45) is 17.3 Å². The molecule has 1 aliphatic heterocycles. The summed E-state index contributed by atoms with van der Waals surface area (Å²) in [5, 5.41) is 23.7. The van der Waals surface area contributed by atoms with Crippen molar-refractivity contribution in [2.45, 2.75) is 77.5 Å². The number of nitrogens with one attached hydrogen (secondary N) is 1. The number of carbonyl (C=O) groups excluding carboxylic acids is 1. The fraction of sp³-hybridized carbons (Fsp3) is 0.516. The second kappa shape index (κ2) is 11.6. The van der Waals surface area contributed by atoms with Gasteiger partial charge in [-0.2, -0.15) is 5.26 Å². The monoisotopic (exact) mass is 517 g/mol. The molecule has 2 N–H and O–H groups in total. The first-order valence-electron chi connectivity index (χ1n) is 13.6. The first kappa shape index (κ1) is 27.7. The lowest BCUT2D eigenvalue weighted by atomic mass is 9.72. The minimum Gasteiger partial charge on any atom is -0.496 e. The van der Waals surface area contributed by atoms with Crippen LogP contribution in [-0.2, 0) is 16.1 Å². The van der Waals surface area contributed by atoms with Gasteiger partial charge in [0.15, 0.2) is 0 Å². The summed E-state index contributed by atoms with van der Waals surface area (Å²) >= 11 is 0. The van der Waals surface area contributed by atoms with Gasteiger partial charge in [-0.25, -0.2) is 4.79 Å². The number of hydrogen-bond donors (Lipinski definition) is 2. The van der Waals surface area contributed by atoms with E-state index in [9.17, 15) is 20.0 Å². The molecule has 2 aromatic rings. The molecule has 7 nitrogen and oxygen atoms in total. The molecule has 202 valence electrons. The molecule has 2 aromatic carbocycles. The minimum absolute atomic E-state index is 0.0476. The van der Waals surface area contributed by atoms with E-state index in [2.05, 4.69) is 32.2 Å². The number of carbonyl (C=O) groups is 2. The number of carboxylic acid groups (broad SMARTS) is 1. The van der Waals surface area contributed by atoms with Gasteiger partial charge in [0.1, 0.15) is 11.8 Å². The van der Waals surface area contributed by atoms with E-state index in [1.807, 2.05) is 30.3 Å². The zero-order valence-corrected chi connectivity index (χ0v) is 22.8. The van der Waals surface area contributed by atoms with Crippen LogP contribution in [0.3, 0.4) is 0 Å². The summed E-state index contributed by atoms with van der Waals surface area (Å²) in [6.45, 7) is 6.53. The molecule has 38 heavy (non-hydrogen) atoms. The van der Waals surface area contributed by atoms with Crippen LogP contribution in [-0.4, -0.2) is 41.1 Å². The fourth-order valence-electron chi connectivity index (χ4n) is 6.50. The first-order chi connectivity index (χ1) is 18.2. The van der Waals surface area contributed by atoms with E-state index in [4.69, 9.17) is 4.74 Å². The van der Waals surface area contributed by atoms with Crippen molar-refractivity contribution >= 4 is 11.9 Å². The average molecular weight is 518 g/mol. The van der Waals surface area contributed by atoms with Crippen LogP contribution < -0.4 is 10.1 Å². The summed E-state index contributed by atoms with van der Waals surface area (Å²) in [5.41, 5.74) is 1.85. The second-order valence-electron chi connectivity index (χ2n) is 11.7. The zero-order chi connectivity index (χ0) is 27.4. The number of nitrogens with zero attached hydrogens (tertiary/aromatic N) is 2. The van der Waals surface area contributed by atoms with Gasteiger partial charge in [-0.1, -0.05) is 70.4 Å². The Morgan fingerprint density at radius 1 is 1.11 bits per heavy atom. The number of hydrogen-bond acceptors (Lipinski definition) is 5. The summed E-state index contributed by atoms with van der Waals surface area (Å²) < 4.78 is 5.56. The van der Waals surface area contributed by atoms with Gasteiger partial charge in [0.2, 0.25) is 5.91 Å². The molecule has 1 saturated heterocycles. The van der Waals surface area contributed by atoms with E-state index in [1.54, 1.807) is 30.2 Å². The van der Waals surface area contributed by atoms with Gasteiger partial charge in [-0.3, -0.25) is 4.79 Å². The van der Waals surface area contributed by atoms with Crippen LogP contribution in [0, 0.1) is 28.6 Å². The summed E-state index contributed by atoms with van der Waals surface area (Å²) in [6, 6.07) is 15.5. The van der Waals surface area contributed by atoms with Gasteiger partial charge >= 0.3 is 5.97 Å². The second-order valence-corrected chi connectivity index (χ2v) is 11.7. The Morgan fingerprint density at radius 3 is 2.37 bits per heavy atom. The molecule has 2 fully saturated rings. The molecule has 1 amide bonds. The van der Waals surface area contributed by atoms with E-state index in [1.165, 1.54) is 0 Å². The molecule has 0 spiro atoms. The molecule has 1 heterocycles. The summed E-state index contributed by atoms with van der Waals surface area (Å²) in [4.78, 5) is 28.8. The predicted molar refractivity (Wildman–Crippen MR) is 145 cm³/mol. The summed E-state index contributed by atoms with van der Waals surface area (Å²) in [7, 11) is 1.59. The number of likely N-dealkylation sites (tertiary alicyclic amines) is 1. The molecule has 4 rings (SSSR count). The van der Waals surface area contributed by atoms with Crippen molar-refractivity contribution in [2.75, 3.05) is 7.11 Å². The number of benzene rings is 2. The molecule has 1 aliphatic carbocycles. The molecule has 0 bridgehead atoms. The summed E-state index contributed by atoms with van der Waals surface area (Å²) in [6.07, 6.45) is 4.72. The van der Waals surface area contributed by atoms with Crippen LogP contribution in [0.2, 0.25) is 0 Å². The number of nitriles is 1. The number of ether oxygens (including phenoxy) is 1. The number of aliphatic carboxylic acids is 1. The van der Waals surface area contributed by atoms with E-state index >= 15 is 0 Å². The molecule has 0 radical (unpaired) electrons. The van der Waals surface area contributed by atoms with E-state index in [0.29, 0.717) is 17.9 Å². The van der Waals surface area contributed by atoms with E-state index in [-0.39, 0.29) is 23.8 Å². The van der Waals surface area contributed by atoms with Gasteiger partial charge < -0.3 is 20.1 Å². The highest BCUT2D eigenvalue weighted by atomic mass is 16.5. The van der Waals surface area contributed by atoms with Crippen molar-refractivity contribution in [3.05, 3.63) is 65.2 Å². The number of methoxy groups -OCH3 is 1. The Kier molecular flexibility index (Phi) is 8.42. The third-order valence-corrected chi connectivity index (χ3v) is 8.21. The SMILES string of the molecule is COc1ccc(C#N)cc1CNC1C(c2ccccc2)N(C(=O)C2CCCCC2)C(C(=O)O)C1C(C)(C)C. The van der Waals surface area contributed by atoms with Crippen LogP contribution in [0.15, 0.2) is 48.5 Å². The molecule has 4 unspecified atom stereocenters. The maximum atomic E-state index is 14.2. The van der Waals surface area contributed by atoms with Crippen LogP contribution in [0.1, 0.15) is 75.6 Å². The van der Waals surface area contributed by atoms with Crippen LogP contribution in [0.25, 0.3) is 0 Å². The van der Waals surface area contributed by atoms with Crippen molar-refractivity contribution in [3.8, 4) is 11.8 Å². The van der Waals surface area contributed by atoms with E-state index in [0.717, 1.165) is 43.2 Å². The van der Waals surface area contributed by atoms with Gasteiger partial charge in [-0.05, 0) is 42.0 Å². The molecule has 0 aromatic heterocycles. The minimum atomic E-state index is -0.969. The largest absolute Gasteiger partial charge is 0.496 e. The van der Waals surface area contributed by atoms with Crippen LogP contribution in [0.4, 0.5) is 0 Å². The smallest absolute Gasteiger partial charge is 0.326 e. The lowest BCUT2D eigenvalue weighted by Crippen LogP contribution is -2.49. The fourth-order valence-corrected chi connectivity index (χ4v) is 6.50. The quantitative estimate of drug-likeness (QED) is 0.516. The Bertz CT molecular complexity index is 1180. The molecule has 1 saturated carbocycles. The van der Waals surface area contributed by atoms with Crippen molar-refractivity contribution in [1.29, 1.82) is 5.26 Å². The molecular formula is C31H39N3O4. The predicted octanol–water partition coefficient (Wildman–Crippen LogP) is 5.30. The highest BCUT2D eigenvalue weighted by Crippen LogP contribution is 2.49. The maximum absolute atomic E-state index is 14.2. The topological polar surface area (TPSA) is 103 Å². The first-order valence-corrected chi connectivity index (χ1v) is 13.6. The number of amides is 1. The zero-order valence-electron chi connectivity index (χ0n) is 22.8. The Balaban J connectivity index is 1.81. The number of carboxylic acids is 1. The Morgan fingerprint density at radius 2 is 1.79 bits per heavy atom.